The molecule has 3 rings (SSSR count). The molecule has 6 nitrogen and oxygen atoms in total. The molecular formula is C18H21N3O3. The Labute approximate surface area is 140 Å². The molecule has 0 unspecified atom stereocenters. The summed E-state index contributed by atoms with van der Waals surface area (Å²) in [6, 6.07) is 9.46. The fraction of sp³-hybridized carbons (Fsp3) is 0.389. The maximum atomic E-state index is 12.5. The molecule has 1 N–H and O–H groups in total. The molecule has 1 amide bonds. The Morgan fingerprint density at radius 3 is 2.71 bits per heavy atom. The first-order valence-electron chi connectivity index (χ1n) is 8.11. The number of amides is 1. The summed E-state index contributed by atoms with van der Waals surface area (Å²) in [4.78, 5) is 25.9. The van der Waals surface area contributed by atoms with Crippen molar-refractivity contribution in [3.05, 3.63) is 53.9 Å². The molecule has 0 aliphatic carbocycles. The van der Waals surface area contributed by atoms with Crippen molar-refractivity contribution in [1.82, 2.24) is 14.7 Å². The Kier molecular flexibility index (Phi) is 4.64. The van der Waals surface area contributed by atoms with Crippen molar-refractivity contribution in [2.24, 2.45) is 13.0 Å². The summed E-state index contributed by atoms with van der Waals surface area (Å²) in [6.45, 7) is 0.506. The normalized spacial score (nSPS) is 21.0. The number of rotatable bonds is 5. The molecule has 1 aromatic heterocycles. The van der Waals surface area contributed by atoms with Gasteiger partial charge in [0.1, 0.15) is 0 Å². The predicted molar refractivity (Wildman–Crippen MR) is 88.2 cm³/mol. The number of hydrogen-bond donors (Lipinski definition) is 1. The molecule has 0 saturated carbocycles. The number of aliphatic carboxylic acids is 1. The number of aryl methyl sites for hydroxylation is 1. The number of piperidine rings is 1. The lowest BCUT2D eigenvalue weighted by atomic mass is 9.85. The number of carbonyl (C=O) groups excluding carboxylic acids is 1. The summed E-state index contributed by atoms with van der Waals surface area (Å²) in [5, 5.41) is 13.8. The largest absolute Gasteiger partial charge is 0.481 e. The van der Waals surface area contributed by atoms with Crippen LogP contribution in [0.15, 0.2) is 42.7 Å². The van der Waals surface area contributed by atoms with Crippen LogP contribution in [0.5, 0.6) is 0 Å². The zero-order valence-electron chi connectivity index (χ0n) is 13.6. The van der Waals surface area contributed by atoms with E-state index in [-0.39, 0.29) is 12.3 Å². The third-order valence-corrected chi connectivity index (χ3v) is 4.57. The SMILES string of the molecule is Cn1cc([C@@H]2[C@H](C(=O)O)CCC(=O)N2CCc2ccccc2)cn1. The maximum Gasteiger partial charge on any atom is 0.308 e. The first kappa shape index (κ1) is 16.2. The van der Waals surface area contributed by atoms with E-state index in [1.807, 2.05) is 30.3 Å². The van der Waals surface area contributed by atoms with Crippen LogP contribution < -0.4 is 0 Å². The summed E-state index contributed by atoms with van der Waals surface area (Å²) in [6.07, 6.45) is 4.82. The van der Waals surface area contributed by atoms with E-state index < -0.39 is 17.9 Å². The van der Waals surface area contributed by atoms with Gasteiger partial charge in [-0.05, 0) is 18.4 Å². The molecule has 0 spiro atoms. The number of carboxylic acid groups (broad SMARTS) is 1. The van der Waals surface area contributed by atoms with Crippen molar-refractivity contribution in [2.75, 3.05) is 6.54 Å². The van der Waals surface area contributed by atoms with Crippen molar-refractivity contribution in [3.8, 4) is 0 Å². The highest BCUT2D eigenvalue weighted by molar-refractivity contribution is 5.81. The van der Waals surface area contributed by atoms with E-state index in [9.17, 15) is 14.7 Å². The lowest BCUT2D eigenvalue weighted by Crippen LogP contribution is -2.46. The van der Waals surface area contributed by atoms with Gasteiger partial charge in [0, 0.05) is 31.8 Å². The topological polar surface area (TPSA) is 75.4 Å². The van der Waals surface area contributed by atoms with Crippen LogP contribution in [0.1, 0.15) is 30.0 Å². The zero-order valence-corrected chi connectivity index (χ0v) is 13.6. The molecule has 0 radical (unpaired) electrons. The van der Waals surface area contributed by atoms with Gasteiger partial charge in [0.05, 0.1) is 18.2 Å². The van der Waals surface area contributed by atoms with E-state index in [0.717, 1.165) is 11.1 Å². The fourth-order valence-corrected chi connectivity index (χ4v) is 3.37. The van der Waals surface area contributed by atoms with E-state index in [2.05, 4.69) is 5.10 Å². The first-order valence-corrected chi connectivity index (χ1v) is 8.11. The molecule has 1 fully saturated rings. The average molecular weight is 327 g/mol. The van der Waals surface area contributed by atoms with Crippen LogP contribution in [0, 0.1) is 5.92 Å². The lowest BCUT2D eigenvalue weighted by molar-refractivity contribution is -0.152. The van der Waals surface area contributed by atoms with Crippen LogP contribution in [0.25, 0.3) is 0 Å². The molecule has 2 aromatic rings. The van der Waals surface area contributed by atoms with E-state index in [1.54, 1.807) is 29.0 Å². The van der Waals surface area contributed by atoms with Gasteiger partial charge in [-0.15, -0.1) is 0 Å². The number of benzene rings is 1. The highest BCUT2D eigenvalue weighted by Crippen LogP contribution is 2.36. The highest BCUT2D eigenvalue weighted by atomic mass is 16.4. The van der Waals surface area contributed by atoms with Gasteiger partial charge in [0.2, 0.25) is 5.91 Å². The van der Waals surface area contributed by atoms with Crippen LogP contribution in [-0.4, -0.2) is 38.2 Å². The molecule has 1 aliphatic rings. The molecule has 1 saturated heterocycles. The van der Waals surface area contributed by atoms with Crippen LogP contribution in [-0.2, 0) is 23.1 Å². The molecule has 24 heavy (non-hydrogen) atoms. The molecule has 1 aromatic carbocycles. The third-order valence-electron chi connectivity index (χ3n) is 4.57. The smallest absolute Gasteiger partial charge is 0.308 e. The summed E-state index contributed by atoms with van der Waals surface area (Å²) in [7, 11) is 1.79. The van der Waals surface area contributed by atoms with Crippen molar-refractivity contribution < 1.29 is 14.7 Å². The Morgan fingerprint density at radius 1 is 1.33 bits per heavy atom. The van der Waals surface area contributed by atoms with Gasteiger partial charge in [0.15, 0.2) is 0 Å². The summed E-state index contributed by atoms with van der Waals surface area (Å²) >= 11 is 0. The molecule has 1 aliphatic heterocycles. The second-order valence-electron chi connectivity index (χ2n) is 6.20. The predicted octanol–water partition coefficient (Wildman–Crippen LogP) is 2.03. The van der Waals surface area contributed by atoms with Gasteiger partial charge >= 0.3 is 5.97 Å². The number of likely N-dealkylation sites (tertiary alicyclic amines) is 1. The lowest BCUT2D eigenvalue weighted by Gasteiger charge is -2.39. The minimum Gasteiger partial charge on any atom is -0.481 e. The second kappa shape index (κ2) is 6.86. The van der Waals surface area contributed by atoms with Crippen LogP contribution in [0.2, 0.25) is 0 Å². The van der Waals surface area contributed by atoms with Crippen molar-refractivity contribution in [3.63, 3.8) is 0 Å². The van der Waals surface area contributed by atoms with E-state index in [1.165, 1.54) is 0 Å². The molecule has 6 heteroatoms. The fourth-order valence-electron chi connectivity index (χ4n) is 3.37. The van der Waals surface area contributed by atoms with Gasteiger partial charge < -0.3 is 10.0 Å². The molecule has 126 valence electrons. The van der Waals surface area contributed by atoms with Gasteiger partial charge in [0.25, 0.3) is 0 Å². The van der Waals surface area contributed by atoms with Crippen molar-refractivity contribution >= 4 is 11.9 Å². The number of hydrogen-bond acceptors (Lipinski definition) is 3. The number of nitrogens with zero attached hydrogens (tertiary/aromatic N) is 3. The van der Waals surface area contributed by atoms with Gasteiger partial charge in [-0.3, -0.25) is 14.3 Å². The average Bonchev–Trinajstić information content (AvgIpc) is 3.00. The van der Waals surface area contributed by atoms with Gasteiger partial charge in [-0.25, -0.2) is 0 Å². The van der Waals surface area contributed by atoms with Crippen molar-refractivity contribution in [1.29, 1.82) is 0 Å². The monoisotopic (exact) mass is 327 g/mol. The van der Waals surface area contributed by atoms with Crippen LogP contribution in [0.4, 0.5) is 0 Å². The number of carbonyl (C=O) groups is 2. The highest BCUT2D eigenvalue weighted by Gasteiger charge is 2.41. The van der Waals surface area contributed by atoms with E-state index in [0.29, 0.717) is 19.4 Å². The summed E-state index contributed by atoms with van der Waals surface area (Å²) in [5.41, 5.74) is 1.92. The van der Waals surface area contributed by atoms with E-state index >= 15 is 0 Å². The molecular weight excluding hydrogens is 306 g/mol. The quantitative estimate of drug-likeness (QED) is 0.912. The first-order chi connectivity index (χ1) is 11.6. The van der Waals surface area contributed by atoms with Gasteiger partial charge in [-0.1, -0.05) is 30.3 Å². The Morgan fingerprint density at radius 2 is 2.08 bits per heavy atom. The molecule has 2 heterocycles. The van der Waals surface area contributed by atoms with Gasteiger partial charge in [-0.2, -0.15) is 5.10 Å². The molecule has 2 atom stereocenters. The van der Waals surface area contributed by atoms with Crippen molar-refractivity contribution in [2.45, 2.75) is 25.3 Å². The Hall–Kier alpha value is -2.63. The minimum absolute atomic E-state index is 0.0114. The summed E-state index contributed by atoms with van der Waals surface area (Å²) in [5.74, 6) is -1.44. The summed E-state index contributed by atoms with van der Waals surface area (Å²) < 4.78 is 1.64. The maximum absolute atomic E-state index is 12.5. The Bertz CT molecular complexity index is 726. The number of aromatic nitrogens is 2. The third kappa shape index (κ3) is 3.32. The molecule has 0 bridgehead atoms. The zero-order chi connectivity index (χ0) is 17.1. The Balaban J connectivity index is 1.86. The van der Waals surface area contributed by atoms with Crippen LogP contribution in [0.3, 0.4) is 0 Å². The number of carboxylic acids is 1. The van der Waals surface area contributed by atoms with Crippen LogP contribution >= 0.6 is 0 Å². The minimum atomic E-state index is -0.860. The standard InChI is InChI=1S/C18H21N3O3/c1-20-12-14(11-19-20)17-15(18(23)24)7-8-16(22)21(17)10-9-13-5-3-2-4-6-13/h2-6,11-12,15,17H,7-10H2,1H3,(H,23,24)/t15-,17-/m1/s1. The van der Waals surface area contributed by atoms with E-state index in [4.69, 9.17) is 0 Å². The second-order valence-corrected chi connectivity index (χ2v) is 6.20.